The molecule has 0 unspecified atom stereocenters. The third kappa shape index (κ3) is 13.8. The van der Waals surface area contributed by atoms with Crippen LogP contribution in [0.25, 0.3) is 10.8 Å². The number of hydrogen-bond acceptors (Lipinski definition) is 12. The minimum absolute atomic E-state index is 0.152. The predicted molar refractivity (Wildman–Crippen MR) is 233 cm³/mol. The predicted octanol–water partition coefficient (Wildman–Crippen LogP) is 7.36. The maximum absolute atomic E-state index is 13.5. The van der Waals surface area contributed by atoms with Crippen LogP contribution in [-0.4, -0.2) is 93.3 Å². The largest absolute Gasteiger partial charge is 0.497 e. The molecule has 0 bridgehead atoms. The van der Waals surface area contributed by atoms with Crippen LogP contribution in [0.15, 0.2) is 85.1 Å². The van der Waals surface area contributed by atoms with Crippen molar-refractivity contribution in [2.45, 2.75) is 32.6 Å². The molecule has 0 aliphatic carbocycles. The van der Waals surface area contributed by atoms with Gasteiger partial charge in [-0.15, -0.1) is 0 Å². The van der Waals surface area contributed by atoms with E-state index < -0.39 is 17.6 Å². The first-order chi connectivity index (χ1) is 28.9. The summed E-state index contributed by atoms with van der Waals surface area (Å²) in [5.74, 6) is 2.05. The number of anilines is 3. The molecule has 0 radical (unpaired) electrons. The highest BCUT2D eigenvalue weighted by Crippen LogP contribution is 2.39. The topological polar surface area (TPSA) is 185 Å². The number of aromatic nitrogens is 1. The third-order valence-electron chi connectivity index (χ3n) is 9.01. The van der Waals surface area contributed by atoms with E-state index in [9.17, 15) is 9.59 Å². The van der Waals surface area contributed by atoms with Crippen molar-refractivity contribution < 1.29 is 46.4 Å². The average molecular weight is 844 g/mol. The fourth-order valence-corrected chi connectivity index (χ4v) is 6.07. The SMILES string of the molecule is CNc1cc(C(C)(C)C)cc(NC(=O)Nc2ccc(Oc3ccnc(Cc4cc(OC)cc(C(=O)NCCOCCOCCOC)c4)c3)c3ccccc23)c1OC.O=S=O. The zero-order chi connectivity index (χ0) is 43.5. The fraction of sp³-hybridized carbons (Fsp3) is 0.341. The Morgan fingerprint density at radius 1 is 0.733 bits per heavy atom. The molecule has 0 spiro atoms. The Bertz CT molecular complexity index is 2240. The Balaban J connectivity index is 0.00000257. The number of urea groups is 1. The molecule has 0 saturated heterocycles. The highest BCUT2D eigenvalue weighted by molar-refractivity contribution is 7.51. The Labute approximate surface area is 354 Å². The quantitative estimate of drug-likeness (QED) is 0.0607. The van der Waals surface area contributed by atoms with Crippen LogP contribution in [0.5, 0.6) is 23.0 Å². The van der Waals surface area contributed by atoms with E-state index >= 15 is 0 Å². The van der Waals surface area contributed by atoms with Crippen LogP contribution in [0.4, 0.5) is 21.9 Å². The molecule has 3 amide bonds. The van der Waals surface area contributed by atoms with Gasteiger partial charge in [-0.3, -0.25) is 9.78 Å². The molecule has 320 valence electrons. The third-order valence-corrected chi connectivity index (χ3v) is 9.01. The second-order valence-electron chi connectivity index (χ2n) is 14.2. The van der Waals surface area contributed by atoms with Crippen molar-refractivity contribution in [1.82, 2.24) is 10.3 Å². The Morgan fingerprint density at radius 2 is 1.42 bits per heavy atom. The van der Waals surface area contributed by atoms with Crippen molar-refractivity contribution in [3.63, 3.8) is 0 Å². The van der Waals surface area contributed by atoms with Crippen molar-refractivity contribution >= 4 is 51.3 Å². The summed E-state index contributed by atoms with van der Waals surface area (Å²) in [6.45, 7) is 8.99. The molecule has 1 aromatic heterocycles. The Morgan fingerprint density at radius 3 is 2.10 bits per heavy atom. The van der Waals surface area contributed by atoms with Crippen LogP contribution >= 0.6 is 0 Å². The van der Waals surface area contributed by atoms with Gasteiger partial charge in [-0.25, -0.2) is 4.79 Å². The van der Waals surface area contributed by atoms with Gasteiger partial charge in [-0.05, 0) is 65.1 Å². The van der Waals surface area contributed by atoms with Gasteiger partial charge in [-0.2, -0.15) is 8.42 Å². The number of ether oxygens (including phenoxy) is 6. The van der Waals surface area contributed by atoms with Gasteiger partial charge in [0.2, 0.25) is 0 Å². The van der Waals surface area contributed by atoms with Crippen molar-refractivity contribution in [2.24, 2.45) is 0 Å². The molecular weight excluding hydrogens is 791 g/mol. The lowest BCUT2D eigenvalue weighted by Gasteiger charge is -2.23. The van der Waals surface area contributed by atoms with Crippen molar-refractivity contribution in [3.05, 3.63) is 107 Å². The van der Waals surface area contributed by atoms with Gasteiger partial charge in [0.05, 0.1) is 64.3 Å². The number of benzene rings is 4. The van der Waals surface area contributed by atoms with Crippen LogP contribution < -0.4 is 35.5 Å². The monoisotopic (exact) mass is 843 g/mol. The van der Waals surface area contributed by atoms with Gasteiger partial charge in [0, 0.05) is 61.4 Å². The minimum atomic E-state index is -0.750. The summed E-state index contributed by atoms with van der Waals surface area (Å²) < 4.78 is 50.1. The van der Waals surface area contributed by atoms with Crippen molar-refractivity contribution in [3.8, 4) is 23.0 Å². The van der Waals surface area contributed by atoms with Gasteiger partial charge in [-0.1, -0.05) is 45.0 Å². The van der Waals surface area contributed by atoms with Gasteiger partial charge < -0.3 is 49.7 Å². The minimum Gasteiger partial charge on any atom is -0.497 e. The Kier molecular flexibility index (Phi) is 18.3. The van der Waals surface area contributed by atoms with E-state index in [2.05, 4.69) is 47.0 Å². The lowest BCUT2D eigenvalue weighted by Crippen LogP contribution is -2.27. The lowest BCUT2D eigenvalue weighted by atomic mass is 9.86. The fourth-order valence-electron chi connectivity index (χ4n) is 6.07. The number of nitrogens with one attached hydrogen (secondary N) is 4. The van der Waals surface area contributed by atoms with Crippen LogP contribution in [0, 0.1) is 0 Å². The second kappa shape index (κ2) is 23.5. The van der Waals surface area contributed by atoms with E-state index in [4.69, 9.17) is 36.8 Å². The highest BCUT2D eigenvalue weighted by Gasteiger charge is 2.21. The molecule has 5 aromatic rings. The molecule has 15 nitrogen and oxygen atoms in total. The van der Waals surface area contributed by atoms with E-state index in [1.807, 2.05) is 73.8 Å². The first kappa shape index (κ1) is 46.6. The normalized spacial score (nSPS) is 10.8. The standard InChI is InChI=1S/C44H53N5O8.O2S/c1-44(2,3)31-26-38(45-4)41(54-7)39(27-31)49-43(51)48-37-12-13-40(36-11-9-8-10-35(36)37)57-33-14-15-46-32(28-33)23-29-22-30(25-34(24-29)53-6)42(50)47-16-17-55-20-21-56-19-18-52-5;1-3-2/h8-15,22,24-28,45H,16-21,23H2,1-7H3,(H,47,50)(H2,48,49,51);. The summed E-state index contributed by atoms with van der Waals surface area (Å²) >= 11 is -0.750. The van der Waals surface area contributed by atoms with Gasteiger partial charge in [0.15, 0.2) is 5.75 Å². The first-order valence-corrected chi connectivity index (χ1v) is 19.8. The van der Waals surface area contributed by atoms with E-state index in [1.165, 1.54) is 0 Å². The van der Waals surface area contributed by atoms with Crippen LogP contribution in [0.3, 0.4) is 0 Å². The summed E-state index contributed by atoms with van der Waals surface area (Å²) in [4.78, 5) is 31.0. The summed E-state index contributed by atoms with van der Waals surface area (Å²) in [5, 5.41) is 13.7. The van der Waals surface area contributed by atoms with Crippen LogP contribution in [-0.2, 0) is 37.6 Å². The molecule has 60 heavy (non-hydrogen) atoms. The first-order valence-electron chi connectivity index (χ1n) is 19.1. The lowest BCUT2D eigenvalue weighted by molar-refractivity contribution is 0.0255. The van der Waals surface area contributed by atoms with Gasteiger partial charge >= 0.3 is 17.6 Å². The number of nitrogens with zero attached hydrogens (tertiary/aromatic N) is 1. The van der Waals surface area contributed by atoms with Crippen LogP contribution in [0.1, 0.15) is 48.0 Å². The maximum Gasteiger partial charge on any atom is 0.335 e. The molecule has 0 aliphatic heterocycles. The molecule has 1 heterocycles. The highest BCUT2D eigenvalue weighted by atomic mass is 32.1. The van der Waals surface area contributed by atoms with E-state index in [1.54, 1.807) is 39.7 Å². The molecule has 0 fully saturated rings. The van der Waals surface area contributed by atoms with Crippen molar-refractivity contribution in [2.75, 3.05) is 83.9 Å². The number of amides is 3. The van der Waals surface area contributed by atoms with Crippen LogP contribution in [0.2, 0.25) is 0 Å². The summed E-state index contributed by atoms with van der Waals surface area (Å²) in [6, 6.07) is 23.9. The number of carbonyl (C=O) groups excluding carboxylic acids is 2. The summed E-state index contributed by atoms with van der Waals surface area (Å²) in [7, 11) is 6.59. The maximum atomic E-state index is 13.5. The zero-order valence-electron chi connectivity index (χ0n) is 35.0. The molecule has 5 rings (SSSR count). The molecule has 0 atom stereocenters. The number of hydrogen-bond donors (Lipinski definition) is 4. The molecular formula is C44H53N5O10S. The number of pyridine rings is 1. The van der Waals surface area contributed by atoms with E-state index in [0.717, 1.165) is 33.3 Å². The number of methoxy groups -OCH3 is 3. The molecule has 4 N–H and O–H groups in total. The molecule has 0 aliphatic rings. The summed E-state index contributed by atoms with van der Waals surface area (Å²) in [5.41, 5.74) is 4.87. The molecule has 0 saturated carbocycles. The van der Waals surface area contributed by atoms with Gasteiger partial charge in [0.1, 0.15) is 17.2 Å². The number of carbonyl (C=O) groups is 2. The summed E-state index contributed by atoms with van der Waals surface area (Å²) in [6.07, 6.45) is 2.12. The molecule has 16 heteroatoms. The number of fused-ring (bicyclic) bond motifs is 1. The van der Waals surface area contributed by atoms with Crippen molar-refractivity contribution in [1.29, 1.82) is 0 Å². The average Bonchev–Trinajstić information content (AvgIpc) is 3.23. The second-order valence-corrected chi connectivity index (χ2v) is 14.3. The van der Waals surface area contributed by atoms with E-state index in [-0.39, 0.29) is 11.3 Å². The molecule has 4 aromatic carbocycles. The number of rotatable bonds is 19. The zero-order valence-corrected chi connectivity index (χ0v) is 35.8. The smallest absolute Gasteiger partial charge is 0.335 e. The Hall–Kier alpha value is -6.07. The van der Waals surface area contributed by atoms with E-state index in [0.29, 0.717) is 85.9 Å². The van der Waals surface area contributed by atoms with Gasteiger partial charge in [0.25, 0.3) is 5.91 Å².